The van der Waals surface area contributed by atoms with Crippen LogP contribution in [0.25, 0.3) is 0 Å². The first kappa shape index (κ1) is 18.0. The summed E-state index contributed by atoms with van der Waals surface area (Å²) in [5, 5.41) is 0. The summed E-state index contributed by atoms with van der Waals surface area (Å²) in [4.78, 5) is 0. The third kappa shape index (κ3) is 5.05. The van der Waals surface area contributed by atoms with Crippen LogP contribution in [-0.4, -0.2) is 22.5 Å². The van der Waals surface area contributed by atoms with E-state index in [-0.39, 0.29) is 5.82 Å². The molecule has 0 atom stereocenters. The molecule has 1 aromatic carbocycles. The maximum absolute atomic E-state index is 14.8. The van der Waals surface area contributed by atoms with Crippen molar-refractivity contribution in [2.75, 3.05) is 0 Å². The van der Waals surface area contributed by atoms with E-state index in [1.54, 1.807) is 0 Å². The number of benzene rings is 1. The first-order valence-electron chi connectivity index (χ1n) is 8.45. The summed E-state index contributed by atoms with van der Waals surface area (Å²) in [7, 11) is 0. The Morgan fingerprint density at radius 1 is 0.850 bits per heavy atom. The molecule has 0 amide bonds. The van der Waals surface area contributed by atoms with Crippen molar-refractivity contribution in [1.29, 1.82) is 0 Å². The summed E-state index contributed by atoms with van der Waals surface area (Å²) in [6.45, 7) is 6.59. The summed E-state index contributed by atoms with van der Waals surface area (Å²) < 4.78 is 16.3. The Morgan fingerprint density at radius 2 is 1.35 bits per heavy atom. The molecule has 0 nitrogen and oxygen atoms in total. The molecule has 0 fully saturated rings. The molecule has 0 aromatic heterocycles. The Balaban J connectivity index is 3.11. The molecule has 0 spiro atoms. The van der Waals surface area contributed by atoms with Crippen molar-refractivity contribution in [3.8, 4) is 0 Å². The van der Waals surface area contributed by atoms with Crippen LogP contribution in [0.5, 0.6) is 0 Å². The second-order valence-corrected chi connectivity index (χ2v) is 9.01. The van der Waals surface area contributed by atoms with Crippen molar-refractivity contribution < 1.29 is 4.39 Å². The van der Waals surface area contributed by atoms with Crippen LogP contribution in [0.15, 0.2) is 6.07 Å². The van der Waals surface area contributed by atoms with Crippen molar-refractivity contribution in [3.63, 3.8) is 0 Å². The van der Waals surface area contributed by atoms with Gasteiger partial charge in [0, 0.05) is 0 Å². The molecular formula is C18H31FSn. The predicted molar refractivity (Wildman–Crippen MR) is 91.8 cm³/mol. The van der Waals surface area contributed by atoms with E-state index in [0.29, 0.717) is 22.5 Å². The SMILES string of the molecule is CCCCc1c[c]([SnH3])c(CCCC)c(CCCC)c1F. The van der Waals surface area contributed by atoms with Crippen LogP contribution < -0.4 is 3.58 Å². The van der Waals surface area contributed by atoms with Gasteiger partial charge in [-0.25, -0.2) is 0 Å². The molecule has 2 heteroatoms. The molecule has 1 aromatic rings. The molecular weight excluding hydrogens is 354 g/mol. The fourth-order valence-corrected chi connectivity index (χ4v) is 5.41. The standard InChI is InChI=1S/C18H28F.Sn.3H/c1-4-7-10-15-13-14-16(11-8-5-2)18(19)17(15)12-9-6-3;;;;/h14H,4-12H2,1-3H3;;;;. The Labute approximate surface area is 137 Å². The molecule has 0 saturated carbocycles. The van der Waals surface area contributed by atoms with E-state index in [2.05, 4.69) is 26.8 Å². The topological polar surface area (TPSA) is 0 Å². The number of halogens is 1. The second-order valence-electron chi connectivity index (χ2n) is 5.93. The summed E-state index contributed by atoms with van der Waals surface area (Å²) in [6.07, 6.45) is 9.84. The van der Waals surface area contributed by atoms with Gasteiger partial charge in [-0.15, -0.1) is 0 Å². The van der Waals surface area contributed by atoms with Gasteiger partial charge in [0.25, 0.3) is 0 Å². The summed E-state index contributed by atoms with van der Waals surface area (Å²) in [5.74, 6) is 0.134. The molecule has 1 rings (SSSR count). The average molecular weight is 385 g/mol. The summed E-state index contributed by atoms with van der Waals surface area (Å²) >= 11 is 0.462. The fraction of sp³-hybridized carbons (Fsp3) is 0.667. The fourth-order valence-electron chi connectivity index (χ4n) is 2.84. The molecule has 0 unspecified atom stereocenters. The zero-order valence-electron chi connectivity index (χ0n) is 13.8. The molecule has 0 aliphatic heterocycles. The Kier molecular flexibility index (Phi) is 8.83. The third-order valence-electron chi connectivity index (χ3n) is 4.14. The molecule has 0 heterocycles. The molecule has 0 radical (unpaired) electrons. The molecule has 0 saturated heterocycles. The minimum atomic E-state index is 0.134. The Hall–Kier alpha value is -0.0513. The van der Waals surface area contributed by atoms with Crippen LogP contribution >= 0.6 is 0 Å². The number of hydrogen-bond acceptors (Lipinski definition) is 0. The van der Waals surface area contributed by atoms with Gasteiger partial charge < -0.3 is 0 Å². The van der Waals surface area contributed by atoms with Crippen molar-refractivity contribution in [2.45, 2.75) is 78.6 Å². The van der Waals surface area contributed by atoms with Gasteiger partial charge in [-0.1, -0.05) is 0 Å². The van der Waals surface area contributed by atoms with E-state index in [4.69, 9.17) is 0 Å². The minimum absolute atomic E-state index is 0.134. The van der Waals surface area contributed by atoms with Crippen LogP contribution in [0.1, 0.15) is 76.0 Å². The Bertz CT molecular complexity index is 412. The van der Waals surface area contributed by atoms with Gasteiger partial charge in [-0.3, -0.25) is 0 Å². The molecule has 0 aliphatic rings. The first-order valence-corrected chi connectivity index (χ1v) is 11.3. The van der Waals surface area contributed by atoms with Crippen molar-refractivity contribution in [1.82, 2.24) is 0 Å². The summed E-state index contributed by atoms with van der Waals surface area (Å²) in [5.41, 5.74) is 3.45. The first-order chi connectivity index (χ1) is 9.65. The van der Waals surface area contributed by atoms with E-state index < -0.39 is 0 Å². The van der Waals surface area contributed by atoms with Gasteiger partial charge in [-0.2, -0.15) is 0 Å². The molecule has 0 N–H and O–H groups in total. The number of rotatable bonds is 9. The molecule has 20 heavy (non-hydrogen) atoms. The van der Waals surface area contributed by atoms with Gasteiger partial charge >= 0.3 is 138 Å². The molecule has 0 aliphatic carbocycles. The van der Waals surface area contributed by atoms with E-state index >= 15 is 0 Å². The van der Waals surface area contributed by atoms with Crippen molar-refractivity contribution >= 4 is 26.1 Å². The van der Waals surface area contributed by atoms with Crippen LogP contribution in [-0.2, 0) is 19.3 Å². The van der Waals surface area contributed by atoms with E-state index in [1.165, 1.54) is 22.0 Å². The summed E-state index contributed by atoms with van der Waals surface area (Å²) in [6, 6.07) is 2.20. The van der Waals surface area contributed by atoms with Crippen LogP contribution in [0, 0.1) is 5.82 Å². The van der Waals surface area contributed by atoms with Crippen molar-refractivity contribution in [2.24, 2.45) is 0 Å². The van der Waals surface area contributed by atoms with Crippen molar-refractivity contribution in [3.05, 3.63) is 28.6 Å². The quantitative estimate of drug-likeness (QED) is 0.567. The van der Waals surface area contributed by atoms with Gasteiger partial charge in [0.2, 0.25) is 0 Å². The average Bonchev–Trinajstić information content (AvgIpc) is 2.45. The Morgan fingerprint density at radius 3 is 1.90 bits per heavy atom. The van der Waals surface area contributed by atoms with Crippen LogP contribution in [0.3, 0.4) is 0 Å². The zero-order valence-corrected chi connectivity index (χ0v) is 19.5. The predicted octanol–water partition coefficient (Wildman–Crippen LogP) is 3.84. The van der Waals surface area contributed by atoms with Gasteiger partial charge in [0.15, 0.2) is 0 Å². The van der Waals surface area contributed by atoms with Crippen LogP contribution in [0.2, 0.25) is 0 Å². The van der Waals surface area contributed by atoms with Gasteiger partial charge in [0.1, 0.15) is 0 Å². The van der Waals surface area contributed by atoms with Crippen LogP contribution in [0.4, 0.5) is 4.39 Å². The van der Waals surface area contributed by atoms with Gasteiger partial charge in [0.05, 0.1) is 0 Å². The van der Waals surface area contributed by atoms with E-state index in [9.17, 15) is 4.39 Å². The monoisotopic (exact) mass is 386 g/mol. The molecule has 114 valence electrons. The zero-order chi connectivity index (χ0) is 15.0. The third-order valence-corrected chi connectivity index (χ3v) is 6.68. The number of unbranched alkanes of at least 4 members (excludes halogenated alkanes) is 3. The van der Waals surface area contributed by atoms with Gasteiger partial charge in [-0.05, 0) is 0 Å². The van der Waals surface area contributed by atoms with E-state index in [1.807, 2.05) is 0 Å². The molecule has 0 bridgehead atoms. The second kappa shape index (κ2) is 9.81. The normalized spacial score (nSPS) is 11.2. The number of aryl methyl sites for hydroxylation is 1. The van der Waals surface area contributed by atoms with E-state index in [0.717, 1.165) is 56.1 Å². The number of hydrogen-bond donors (Lipinski definition) is 0. The maximum atomic E-state index is 14.8.